The molecule has 10 heteroatoms. The minimum atomic E-state index is -5.08. The lowest BCUT2D eigenvalue weighted by atomic mass is 9.87. The highest BCUT2D eigenvalue weighted by Crippen LogP contribution is 2.29. The van der Waals surface area contributed by atoms with E-state index in [9.17, 15) is 31.5 Å². The summed E-state index contributed by atoms with van der Waals surface area (Å²) in [4.78, 5) is 11.6. The molecule has 0 aromatic carbocycles. The molecule has 1 saturated carbocycles. The van der Waals surface area contributed by atoms with Crippen molar-refractivity contribution in [3.8, 4) is 0 Å². The van der Waals surface area contributed by atoms with Crippen molar-refractivity contribution >= 4 is 16.1 Å². The van der Waals surface area contributed by atoms with Gasteiger partial charge in [0.15, 0.2) is 0 Å². The van der Waals surface area contributed by atoms with Crippen LogP contribution in [0.4, 0.5) is 13.2 Å². The molecule has 0 radical (unpaired) electrons. The molecule has 118 valence electrons. The molecule has 0 aromatic heterocycles. The summed E-state index contributed by atoms with van der Waals surface area (Å²) in [7, 11) is -4.93. The van der Waals surface area contributed by atoms with Gasteiger partial charge in [0, 0.05) is 0 Å². The van der Waals surface area contributed by atoms with Crippen LogP contribution in [0, 0.1) is 5.92 Å². The zero-order valence-electron chi connectivity index (χ0n) is 10.3. The molecule has 0 saturated heterocycles. The summed E-state index contributed by atoms with van der Waals surface area (Å²) in [6.45, 7) is 0. The van der Waals surface area contributed by atoms with Crippen molar-refractivity contribution in [2.75, 3.05) is 5.75 Å². The monoisotopic (exact) mass is 320 g/mol. The van der Waals surface area contributed by atoms with Crippen LogP contribution in [0.3, 0.4) is 0 Å². The third-order valence-corrected chi connectivity index (χ3v) is 3.74. The van der Waals surface area contributed by atoms with Gasteiger partial charge in [0.2, 0.25) is 6.10 Å². The highest BCUT2D eigenvalue weighted by atomic mass is 32.2. The van der Waals surface area contributed by atoms with Crippen molar-refractivity contribution < 1.29 is 40.8 Å². The second-order valence-corrected chi connectivity index (χ2v) is 6.22. The Balaban J connectivity index is 2.68. The normalized spacial score (nSPS) is 26.1. The number of esters is 1. The average Bonchev–Trinajstić information content (AvgIpc) is 2.25. The Bertz CT molecular complexity index is 438. The summed E-state index contributed by atoms with van der Waals surface area (Å²) < 4.78 is 71.3. The number of carbonyl (C=O) groups is 1. The predicted octanol–water partition coefficient (Wildman–Crippen LogP) is 0.899. The van der Waals surface area contributed by atoms with Gasteiger partial charge < -0.3 is 9.84 Å². The summed E-state index contributed by atoms with van der Waals surface area (Å²) in [5, 5.41) is 9.23. The average molecular weight is 320 g/mol. The van der Waals surface area contributed by atoms with E-state index >= 15 is 0 Å². The van der Waals surface area contributed by atoms with E-state index in [2.05, 4.69) is 4.74 Å². The van der Waals surface area contributed by atoms with Crippen LogP contribution < -0.4 is 0 Å². The number of rotatable bonds is 4. The van der Waals surface area contributed by atoms with Gasteiger partial charge in [-0.2, -0.15) is 21.6 Å². The lowest BCUT2D eigenvalue weighted by Gasteiger charge is -2.26. The summed E-state index contributed by atoms with van der Waals surface area (Å²) in [6, 6.07) is 0. The van der Waals surface area contributed by atoms with E-state index in [0.29, 0.717) is 0 Å². The zero-order chi connectivity index (χ0) is 15.6. The van der Waals surface area contributed by atoms with Crippen LogP contribution in [-0.2, 0) is 19.6 Å². The molecule has 0 bridgehead atoms. The van der Waals surface area contributed by atoms with Crippen LogP contribution in [-0.4, -0.2) is 48.2 Å². The van der Waals surface area contributed by atoms with E-state index in [1.165, 1.54) is 0 Å². The van der Waals surface area contributed by atoms with E-state index < -0.39 is 46.1 Å². The Hall–Kier alpha value is -0.870. The van der Waals surface area contributed by atoms with Crippen LogP contribution in [0.1, 0.15) is 25.7 Å². The van der Waals surface area contributed by atoms with Crippen molar-refractivity contribution in [2.24, 2.45) is 5.92 Å². The molecule has 0 heterocycles. The van der Waals surface area contributed by atoms with Crippen molar-refractivity contribution in [1.82, 2.24) is 0 Å². The molecule has 0 aromatic rings. The van der Waals surface area contributed by atoms with Crippen LogP contribution in [0.5, 0.6) is 0 Å². The molecular weight excluding hydrogens is 305 g/mol. The van der Waals surface area contributed by atoms with Gasteiger partial charge >= 0.3 is 12.1 Å². The summed E-state index contributed by atoms with van der Waals surface area (Å²) in [6.07, 6.45) is -7.66. The number of hydrogen-bond donors (Lipinski definition) is 2. The molecule has 1 atom stereocenters. The fourth-order valence-corrected chi connectivity index (χ4v) is 2.57. The number of halogens is 3. The molecular formula is C10H15F3O6S. The maximum atomic E-state index is 12.5. The molecule has 1 unspecified atom stereocenters. The molecule has 1 aliphatic carbocycles. The fourth-order valence-electron chi connectivity index (χ4n) is 1.93. The van der Waals surface area contributed by atoms with Gasteiger partial charge in [-0.3, -0.25) is 9.35 Å². The Morgan fingerprint density at radius 1 is 1.25 bits per heavy atom. The summed E-state index contributed by atoms with van der Waals surface area (Å²) in [5.74, 6) is -3.69. The maximum Gasteiger partial charge on any atom is 0.426 e. The fraction of sp³-hybridized carbons (Fsp3) is 0.900. The van der Waals surface area contributed by atoms with E-state index in [1.54, 1.807) is 0 Å². The van der Waals surface area contributed by atoms with Gasteiger partial charge in [-0.1, -0.05) is 0 Å². The smallest absolute Gasteiger partial charge is 0.426 e. The van der Waals surface area contributed by atoms with Crippen LogP contribution in [0.2, 0.25) is 0 Å². The number of carbonyl (C=O) groups excluding carboxylic acids is 1. The van der Waals surface area contributed by atoms with Crippen molar-refractivity contribution in [3.05, 3.63) is 0 Å². The molecule has 2 N–H and O–H groups in total. The van der Waals surface area contributed by atoms with Gasteiger partial charge in [0.25, 0.3) is 10.1 Å². The maximum absolute atomic E-state index is 12.5. The zero-order valence-corrected chi connectivity index (χ0v) is 11.2. The largest absolute Gasteiger partial charge is 0.451 e. The minimum absolute atomic E-state index is 0.177. The van der Waals surface area contributed by atoms with Crippen molar-refractivity contribution in [1.29, 1.82) is 0 Å². The first-order chi connectivity index (χ1) is 8.99. The first kappa shape index (κ1) is 17.2. The van der Waals surface area contributed by atoms with E-state index in [4.69, 9.17) is 4.55 Å². The standard InChI is InChI=1S/C10H15F3O6S/c11-10(12,13)8(5-20(16,17)18)19-9(15)6-1-3-7(14)4-2-6/h6-8,14H,1-5H2,(H,16,17,18). The molecule has 1 aliphatic rings. The van der Waals surface area contributed by atoms with Gasteiger partial charge in [-0.05, 0) is 25.7 Å². The number of hydrogen-bond acceptors (Lipinski definition) is 5. The first-order valence-corrected chi connectivity index (χ1v) is 7.50. The van der Waals surface area contributed by atoms with Crippen molar-refractivity contribution in [3.63, 3.8) is 0 Å². The lowest BCUT2D eigenvalue weighted by molar-refractivity contribution is -0.218. The summed E-state index contributed by atoms with van der Waals surface area (Å²) in [5.41, 5.74) is 0. The number of aliphatic hydroxyl groups is 1. The Kier molecular flexibility index (Phi) is 5.39. The SMILES string of the molecule is O=C(OC(CS(=O)(=O)O)C(F)(F)F)C1CCC(O)CC1. The first-order valence-electron chi connectivity index (χ1n) is 5.89. The molecule has 1 rings (SSSR count). The Morgan fingerprint density at radius 2 is 1.75 bits per heavy atom. The van der Waals surface area contributed by atoms with E-state index in [-0.39, 0.29) is 25.7 Å². The Morgan fingerprint density at radius 3 is 2.15 bits per heavy atom. The molecule has 0 amide bonds. The van der Waals surface area contributed by atoms with Crippen LogP contribution in [0.25, 0.3) is 0 Å². The number of alkyl halides is 3. The van der Waals surface area contributed by atoms with E-state index in [0.717, 1.165) is 0 Å². The molecule has 0 aliphatic heterocycles. The van der Waals surface area contributed by atoms with Crippen LogP contribution in [0.15, 0.2) is 0 Å². The third kappa shape index (κ3) is 5.63. The van der Waals surface area contributed by atoms with Gasteiger partial charge in [-0.15, -0.1) is 0 Å². The summed E-state index contributed by atoms with van der Waals surface area (Å²) >= 11 is 0. The van der Waals surface area contributed by atoms with Gasteiger partial charge in [0.1, 0.15) is 5.75 Å². The third-order valence-electron chi connectivity index (χ3n) is 3.02. The molecule has 6 nitrogen and oxygen atoms in total. The second kappa shape index (κ2) is 6.27. The van der Waals surface area contributed by atoms with Gasteiger partial charge in [0.05, 0.1) is 12.0 Å². The number of ether oxygens (including phenoxy) is 1. The predicted molar refractivity (Wildman–Crippen MR) is 60.3 cm³/mol. The van der Waals surface area contributed by atoms with Gasteiger partial charge in [-0.25, -0.2) is 0 Å². The lowest BCUT2D eigenvalue weighted by Crippen LogP contribution is -2.41. The molecule has 0 spiro atoms. The highest BCUT2D eigenvalue weighted by molar-refractivity contribution is 7.85. The van der Waals surface area contributed by atoms with Crippen LogP contribution >= 0.6 is 0 Å². The molecule has 1 fully saturated rings. The topological polar surface area (TPSA) is 101 Å². The molecule has 20 heavy (non-hydrogen) atoms. The minimum Gasteiger partial charge on any atom is -0.451 e. The quantitative estimate of drug-likeness (QED) is 0.589. The Labute approximate surface area is 113 Å². The highest BCUT2D eigenvalue weighted by Gasteiger charge is 2.46. The second-order valence-electron chi connectivity index (χ2n) is 4.72. The number of aliphatic hydroxyl groups excluding tert-OH is 1. The van der Waals surface area contributed by atoms with Crippen molar-refractivity contribution in [2.45, 2.75) is 44.1 Å². The van der Waals surface area contributed by atoms with E-state index in [1.807, 2.05) is 0 Å².